The molecule has 0 amide bonds. The summed E-state index contributed by atoms with van der Waals surface area (Å²) in [7, 11) is 0. The average molecular weight is 284 g/mol. The van der Waals surface area contributed by atoms with Crippen molar-refractivity contribution in [3.05, 3.63) is 58.7 Å². The van der Waals surface area contributed by atoms with Gasteiger partial charge in [0.25, 0.3) is 0 Å². The Hall–Kier alpha value is -2.87. The number of rotatable bonds is 3. The van der Waals surface area contributed by atoms with Crippen LogP contribution in [-0.2, 0) is 4.79 Å². The predicted octanol–water partition coefficient (Wildman–Crippen LogP) is 3.22. The van der Waals surface area contributed by atoms with Gasteiger partial charge in [0.2, 0.25) is 0 Å². The summed E-state index contributed by atoms with van der Waals surface area (Å²) in [6, 6.07) is 9.46. The summed E-state index contributed by atoms with van der Waals surface area (Å²) in [5, 5.41) is 17.7. The highest BCUT2D eigenvalue weighted by molar-refractivity contribution is 5.96. The molecule has 2 aromatic rings. The number of halogens is 1. The molecule has 0 aliphatic heterocycles. The third kappa shape index (κ3) is 2.84. The first-order valence-corrected chi connectivity index (χ1v) is 6.24. The highest BCUT2D eigenvalue weighted by Gasteiger charge is 2.12. The van der Waals surface area contributed by atoms with Crippen molar-refractivity contribution < 1.29 is 14.3 Å². The van der Waals surface area contributed by atoms with Gasteiger partial charge < -0.3 is 9.67 Å². The molecule has 0 atom stereocenters. The zero-order chi connectivity index (χ0) is 15.6. The maximum atomic E-state index is 13.0. The summed E-state index contributed by atoms with van der Waals surface area (Å²) in [5.74, 6) is -1.58. The first kappa shape index (κ1) is 14.5. The molecule has 0 aliphatic rings. The summed E-state index contributed by atoms with van der Waals surface area (Å²) in [5.41, 5.74) is 2.76. The second kappa shape index (κ2) is 5.63. The van der Waals surface area contributed by atoms with E-state index in [1.165, 1.54) is 18.2 Å². The minimum absolute atomic E-state index is 0.320. The molecule has 1 N–H and O–H groups in total. The van der Waals surface area contributed by atoms with Crippen molar-refractivity contribution in [1.82, 2.24) is 4.57 Å². The second-order valence-corrected chi connectivity index (χ2v) is 4.61. The first-order chi connectivity index (χ1) is 9.93. The predicted molar refractivity (Wildman–Crippen MR) is 76.4 cm³/mol. The van der Waals surface area contributed by atoms with E-state index < -0.39 is 5.97 Å². The van der Waals surface area contributed by atoms with Crippen LogP contribution in [0.25, 0.3) is 11.8 Å². The molecule has 1 aromatic carbocycles. The Bertz CT molecular complexity index is 765. The van der Waals surface area contributed by atoms with E-state index in [2.05, 4.69) is 0 Å². The summed E-state index contributed by atoms with van der Waals surface area (Å²) in [6.45, 7) is 3.68. The van der Waals surface area contributed by atoms with E-state index in [-0.39, 0.29) is 11.4 Å². The maximum absolute atomic E-state index is 13.0. The molecule has 1 heterocycles. The van der Waals surface area contributed by atoms with Crippen LogP contribution in [0.2, 0.25) is 0 Å². The van der Waals surface area contributed by atoms with Crippen LogP contribution in [-0.4, -0.2) is 15.6 Å². The molecule has 106 valence electrons. The van der Waals surface area contributed by atoms with E-state index in [9.17, 15) is 9.18 Å². The Kier molecular flexibility index (Phi) is 3.90. The van der Waals surface area contributed by atoms with E-state index in [4.69, 9.17) is 10.4 Å². The number of nitriles is 1. The number of benzene rings is 1. The van der Waals surface area contributed by atoms with Gasteiger partial charge in [-0.3, -0.25) is 0 Å². The SMILES string of the molecule is Cc1cc(C=C(C#N)C(=O)O)c(C)n1-c1ccc(F)cc1. The van der Waals surface area contributed by atoms with Gasteiger partial charge >= 0.3 is 5.97 Å². The van der Waals surface area contributed by atoms with E-state index in [0.717, 1.165) is 17.1 Å². The van der Waals surface area contributed by atoms with Crippen LogP contribution in [0.1, 0.15) is 17.0 Å². The Morgan fingerprint density at radius 3 is 2.48 bits per heavy atom. The van der Waals surface area contributed by atoms with Gasteiger partial charge in [-0.1, -0.05) is 0 Å². The molecular weight excluding hydrogens is 271 g/mol. The molecule has 1 aromatic heterocycles. The fourth-order valence-corrected chi connectivity index (χ4v) is 2.22. The second-order valence-electron chi connectivity index (χ2n) is 4.61. The molecule has 0 radical (unpaired) electrons. The highest BCUT2D eigenvalue weighted by Crippen LogP contribution is 2.23. The summed E-state index contributed by atoms with van der Waals surface area (Å²) < 4.78 is 14.9. The van der Waals surface area contributed by atoms with Crippen molar-refractivity contribution in [1.29, 1.82) is 5.26 Å². The van der Waals surface area contributed by atoms with E-state index in [1.807, 2.05) is 18.4 Å². The minimum Gasteiger partial charge on any atom is -0.477 e. The van der Waals surface area contributed by atoms with E-state index >= 15 is 0 Å². The molecule has 0 bridgehead atoms. The fraction of sp³-hybridized carbons (Fsp3) is 0.125. The van der Waals surface area contributed by atoms with Crippen LogP contribution in [0.5, 0.6) is 0 Å². The molecule has 0 fully saturated rings. The Morgan fingerprint density at radius 2 is 1.95 bits per heavy atom. The number of aryl methyl sites for hydroxylation is 1. The lowest BCUT2D eigenvalue weighted by Gasteiger charge is -2.09. The molecule has 4 nitrogen and oxygen atoms in total. The molecular formula is C16H13FN2O2. The molecule has 0 saturated carbocycles. The van der Waals surface area contributed by atoms with E-state index in [0.29, 0.717) is 5.56 Å². The molecule has 0 spiro atoms. The topological polar surface area (TPSA) is 66.0 Å². The lowest BCUT2D eigenvalue weighted by molar-refractivity contribution is -0.132. The van der Waals surface area contributed by atoms with Gasteiger partial charge in [-0.2, -0.15) is 5.26 Å². The normalized spacial score (nSPS) is 11.2. The van der Waals surface area contributed by atoms with Crippen molar-refractivity contribution in [2.45, 2.75) is 13.8 Å². The van der Waals surface area contributed by atoms with Crippen LogP contribution in [0.3, 0.4) is 0 Å². The number of nitrogens with zero attached hydrogens (tertiary/aromatic N) is 2. The third-order valence-corrected chi connectivity index (χ3v) is 3.21. The largest absolute Gasteiger partial charge is 0.477 e. The van der Waals surface area contributed by atoms with Crippen molar-refractivity contribution in [3.8, 4) is 11.8 Å². The quantitative estimate of drug-likeness (QED) is 0.695. The van der Waals surface area contributed by atoms with Crippen LogP contribution >= 0.6 is 0 Å². The lowest BCUT2D eigenvalue weighted by Crippen LogP contribution is -2.00. The van der Waals surface area contributed by atoms with Crippen LogP contribution in [0, 0.1) is 31.0 Å². The van der Waals surface area contributed by atoms with Crippen molar-refractivity contribution in [2.24, 2.45) is 0 Å². The molecule has 0 aliphatic carbocycles. The Balaban J connectivity index is 2.55. The Labute approximate surface area is 121 Å². The van der Waals surface area contributed by atoms with Gasteiger partial charge in [-0.15, -0.1) is 0 Å². The van der Waals surface area contributed by atoms with Gasteiger partial charge in [0, 0.05) is 17.1 Å². The zero-order valence-electron chi connectivity index (χ0n) is 11.6. The average Bonchev–Trinajstić information content (AvgIpc) is 2.71. The summed E-state index contributed by atoms with van der Waals surface area (Å²) in [4.78, 5) is 10.9. The molecule has 2 rings (SSSR count). The van der Waals surface area contributed by atoms with Gasteiger partial charge in [0.1, 0.15) is 17.5 Å². The maximum Gasteiger partial charge on any atom is 0.346 e. The summed E-state index contributed by atoms with van der Waals surface area (Å²) >= 11 is 0. The van der Waals surface area contributed by atoms with Gasteiger partial charge in [0.05, 0.1) is 0 Å². The van der Waals surface area contributed by atoms with Crippen LogP contribution in [0.4, 0.5) is 4.39 Å². The van der Waals surface area contributed by atoms with E-state index in [1.54, 1.807) is 24.3 Å². The summed E-state index contributed by atoms with van der Waals surface area (Å²) in [6.07, 6.45) is 1.34. The molecule has 0 saturated heterocycles. The van der Waals surface area contributed by atoms with Gasteiger partial charge in [0.15, 0.2) is 0 Å². The monoisotopic (exact) mass is 284 g/mol. The molecule has 21 heavy (non-hydrogen) atoms. The standard InChI is InChI=1S/C16H13FN2O2/c1-10-7-12(8-13(9-18)16(20)21)11(2)19(10)15-5-3-14(17)4-6-15/h3-8H,1-2H3,(H,20,21). The van der Waals surface area contributed by atoms with Crippen molar-refractivity contribution >= 4 is 12.0 Å². The number of hydrogen-bond donors (Lipinski definition) is 1. The number of carbonyl (C=O) groups is 1. The number of aliphatic carboxylic acids is 1. The van der Waals surface area contributed by atoms with Crippen molar-refractivity contribution in [2.75, 3.05) is 0 Å². The molecule has 5 heteroatoms. The number of carboxylic acid groups (broad SMARTS) is 1. The Morgan fingerprint density at radius 1 is 1.33 bits per heavy atom. The van der Waals surface area contributed by atoms with Crippen molar-refractivity contribution in [3.63, 3.8) is 0 Å². The first-order valence-electron chi connectivity index (χ1n) is 6.24. The van der Waals surface area contributed by atoms with Gasteiger partial charge in [-0.25, -0.2) is 9.18 Å². The number of aromatic nitrogens is 1. The number of carboxylic acids is 1. The minimum atomic E-state index is -1.26. The lowest BCUT2D eigenvalue weighted by atomic mass is 10.1. The fourth-order valence-electron chi connectivity index (χ4n) is 2.22. The molecule has 0 unspecified atom stereocenters. The van der Waals surface area contributed by atoms with Crippen LogP contribution in [0.15, 0.2) is 35.9 Å². The zero-order valence-corrected chi connectivity index (χ0v) is 11.6. The van der Waals surface area contributed by atoms with Gasteiger partial charge in [-0.05, 0) is 55.8 Å². The third-order valence-electron chi connectivity index (χ3n) is 3.21. The van der Waals surface area contributed by atoms with Crippen LogP contribution < -0.4 is 0 Å². The number of hydrogen-bond acceptors (Lipinski definition) is 2. The smallest absolute Gasteiger partial charge is 0.346 e. The highest BCUT2D eigenvalue weighted by atomic mass is 19.1.